The maximum Gasteiger partial charge on any atom is 0.250 e. The summed E-state index contributed by atoms with van der Waals surface area (Å²) in [5.74, 6) is -0.908. The number of halogens is 1. The van der Waals surface area contributed by atoms with Crippen molar-refractivity contribution >= 4 is 39.5 Å². The number of amides is 2. The Morgan fingerprint density at radius 3 is 2.38 bits per heavy atom. The molecule has 2 aromatic rings. The van der Waals surface area contributed by atoms with E-state index in [2.05, 4.69) is 21.2 Å². The molecule has 0 aliphatic rings. The molecule has 0 heterocycles. The molecule has 0 saturated heterocycles. The molecule has 2 rings (SSSR count). The molecule has 0 unspecified atom stereocenters. The van der Waals surface area contributed by atoms with Crippen LogP contribution in [0.5, 0.6) is 0 Å². The van der Waals surface area contributed by atoms with Gasteiger partial charge in [0.25, 0.3) is 5.91 Å². The smallest absolute Gasteiger partial charge is 0.250 e. The van der Waals surface area contributed by atoms with Crippen molar-refractivity contribution in [3.8, 4) is 0 Å². The van der Waals surface area contributed by atoms with Crippen molar-refractivity contribution in [2.24, 2.45) is 5.73 Å². The van der Waals surface area contributed by atoms with E-state index in [1.807, 2.05) is 24.3 Å². The molecular weight excluding hydrogens is 332 g/mol. The number of hydrogen-bond donors (Lipinski definition) is 2. The summed E-state index contributed by atoms with van der Waals surface area (Å²) in [5, 5.41) is 2.64. The zero-order valence-electron chi connectivity index (χ0n) is 11.0. The average Bonchev–Trinajstić information content (AvgIpc) is 2.47. The average molecular weight is 345 g/mol. The quantitative estimate of drug-likeness (QED) is 0.836. The Balaban J connectivity index is 2.08. The molecule has 3 N–H and O–H groups in total. The highest BCUT2D eigenvalue weighted by molar-refractivity contribution is 9.10. The zero-order valence-corrected chi connectivity index (χ0v) is 12.6. The van der Waals surface area contributed by atoms with Gasteiger partial charge in [0.1, 0.15) is 0 Å². The van der Waals surface area contributed by atoms with Crippen LogP contribution in [0.25, 0.3) is 6.08 Å². The molecular formula is C16H13BrN2O2. The minimum Gasteiger partial charge on any atom is -0.366 e. The first-order chi connectivity index (χ1) is 10.1. The molecule has 0 fully saturated rings. The zero-order chi connectivity index (χ0) is 15.2. The predicted molar refractivity (Wildman–Crippen MR) is 86.8 cm³/mol. The Morgan fingerprint density at radius 1 is 1.05 bits per heavy atom. The van der Waals surface area contributed by atoms with Crippen molar-refractivity contribution in [3.63, 3.8) is 0 Å². The van der Waals surface area contributed by atoms with Crippen LogP contribution in [0.1, 0.15) is 15.9 Å². The summed E-state index contributed by atoms with van der Waals surface area (Å²) in [6, 6.07) is 14.1. The lowest BCUT2D eigenvalue weighted by Gasteiger charge is -2.06. The number of hydrogen-bond acceptors (Lipinski definition) is 2. The molecule has 0 aliphatic carbocycles. The number of anilines is 1. The minimum absolute atomic E-state index is 0.280. The molecule has 0 aliphatic heterocycles. The summed E-state index contributed by atoms with van der Waals surface area (Å²) < 4.78 is 0.972. The lowest BCUT2D eigenvalue weighted by Crippen LogP contribution is -2.16. The second-order valence-corrected chi connectivity index (χ2v) is 5.20. The van der Waals surface area contributed by atoms with E-state index in [1.54, 1.807) is 30.3 Å². The highest BCUT2D eigenvalue weighted by atomic mass is 79.9. The fraction of sp³-hybridized carbons (Fsp3) is 0. The van der Waals surface area contributed by atoms with E-state index in [1.165, 1.54) is 6.08 Å². The number of nitrogens with two attached hydrogens (primary N) is 1. The highest BCUT2D eigenvalue weighted by Crippen LogP contribution is 2.15. The van der Waals surface area contributed by atoms with Crippen molar-refractivity contribution in [1.82, 2.24) is 0 Å². The van der Waals surface area contributed by atoms with E-state index in [9.17, 15) is 9.59 Å². The largest absolute Gasteiger partial charge is 0.366 e. The van der Waals surface area contributed by atoms with Crippen LogP contribution in [0.4, 0.5) is 5.69 Å². The van der Waals surface area contributed by atoms with Crippen molar-refractivity contribution in [1.29, 1.82) is 0 Å². The number of para-hydroxylation sites is 1. The van der Waals surface area contributed by atoms with Gasteiger partial charge in [-0.15, -0.1) is 0 Å². The van der Waals surface area contributed by atoms with E-state index in [0.29, 0.717) is 5.69 Å². The number of carbonyl (C=O) groups is 2. The Bertz CT molecular complexity index is 694. The Morgan fingerprint density at radius 2 is 1.71 bits per heavy atom. The summed E-state index contributed by atoms with van der Waals surface area (Å²) in [6.07, 6.45) is 3.09. The SMILES string of the molecule is NC(=O)c1ccccc1NC(=O)/C=C/c1ccc(Br)cc1. The monoisotopic (exact) mass is 344 g/mol. The van der Waals surface area contributed by atoms with Crippen LogP contribution in [-0.2, 0) is 4.79 Å². The molecule has 2 aromatic carbocycles. The number of benzene rings is 2. The van der Waals surface area contributed by atoms with Gasteiger partial charge in [-0.3, -0.25) is 9.59 Å². The summed E-state index contributed by atoms with van der Waals surface area (Å²) in [7, 11) is 0. The topological polar surface area (TPSA) is 72.2 Å². The number of primary amides is 1. The molecule has 0 aromatic heterocycles. The standard InChI is InChI=1S/C16H13BrN2O2/c17-12-8-5-11(6-9-12)7-10-15(20)19-14-4-2-1-3-13(14)16(18)21/h1-10H,(H2,18,21)(H,19,20)/b10-7+. The third-order valence-corrected chi connectivity index (χ3v) is 3.28. The lowest BCUT2D eigenvalue weighted by atomic mass is 10.1. The molecule has 106 valence electrons. The van der Waals surface area contributed by atoms with Crippen molar-refractivity contribution < 1.29 is 9.59 Å². The summed E-state index contributed by atoms with van der Waals surface area (Å²) in [5.41, 5.74) is 6.84. The van der Waals surface area contributed by atoms with Crippen LogP contribution in [-0.4, -0.2) is 11.8 Å². The van der Waals surface area contributed by atoms with Crippen LogP contribution in [0.3, 0.4) is 0 Å². The van der Waals surface area contributed by atoms with Crippen LogP contribution >= 0.6 is 15.9 Å². The van der Waals surface area contributed by atoms with Gasteiger partial charge < -0.3 is 11.1 Å². The first-order valence-electron chi connectivity index (χ1n) is 6.20. The molecule has 5 heteroatoms. The Hall–Kier alpha value is -2.40. The van der Waals surface area contributed by atoms with E-state index >= 15 is 0 Å². The molecule has 0 spiro atoms. The summed E-state index contributed by atoms with van der Waals surface area (Å²) in [6.45, 7) is 0. The molecule has 2 amide bonds. The predicted octanol–water partition coefficient (Wildman–Crippen LogP) is 3.20. The summed E-state index contributed by atoms with van der Waals surface area (Å²) in [4.78, 5) is 23.1. The van der Waals surface area contributed by atoms with Gasteiger partial charge in [0.15, 0.2) is 0 Å². The van der Waals surface area contributed by atoms with Gasteiger partial charge in [0.2, 0.25) is 5.91 Å². The Labute approximate surface area is 130 Å². The highest BCUT2D eigenvalue weighted by Gasteiger charge is 2.08. The van der Waals surface area contributed by atoms with Crippen molar-refractivity contribution in [2.45, 2.75) is 0 Å². The van der Waals surface area contributed by atoms with Gasteiger partial charge in [0.05, 0.1) is 11.3 Å². The van der Waals surface area contributed by atoms with Crippen molar-refractivity contribution in [2.75, 3.05) is 5.32 Å². The second-order valence-electron chi connectivity index (χ2n) is 4.28. The fourth-order valence-corrected chi connectivity index (χ4v) is 1.99. The van der Waals surface area contributed by atoms with Gasteiger partial charge in [-0.2, -0.15) is 0 Å². The first kappa shape index (κ1) is 15.0. The fourth-order valence-electron chi connectivity index (χ4n) is 1.73. The number of carbonyl (C=O) groups excluding carboxylic acids is 2. The summed E-state index contributed by atoms with van der Waals surface area (Å²) >= 11 is 3.34. The van der Waals surface area contributed by atoms with E-state index in [0.717, 1.165) is 10.0 Å². The second kappa shape index (κ2) is 6.85. The maximum atomic E-state index is 11.9. The van der Waals surface area contributed by atoms with E-state index in [4.69, 9.17) is 5.73 Å². The maximum absolute atomic E-state index is 11.9. The van der Waals surface area contributed by atoms with Crippen LogP contribution in [0, 0.1) is 0 Å². The first-order valence-corrected chi connectivity index (χ1v) is 6.99. The normalized spacial score (nSPS) is 10.5. The number of rotatable bonds is 4. The lowest BCUT2D eigenvalue weighted by molar-refractivity contribution is -0.111. The van der Waals surface area contributed by atoms with Gasteiger partial charge in [0, 0.05) is 10.5 Å². The Kier molecular flexibility index (Phi) is 4.90. The van der Waals surface area contributed by atoms with Gasteiger partial charge in [-0.25, -0.2) is 0 Å². The molecule has 4 nitrogen and oxygen atoms in total. The van der Waals surface area contributed by atoms with Crippen LogP contribution in [0.15, 0.2) is 59.1 Å². The molecule has 0 atom stereocenters. The van der Waals surface area contributed by atoms with Gasteiger partial charge in [-0.05, 0) is 35.9 Å². The van der Waals surface area contributed by atoms with E-state index < -0.39 is 5.91 Å². The third kappa shape index (κ3) is 4.29. The minimum atomic E-state index is -0.581. The molecule has 0 bridgehead atoms. The van der Waals surface area contributed by atoms with Gasteiger partial charge in [-0.1, -0.05) is 40.2 Å². The van der Waals surface area contributed by atoms with Crippen LogP contribution < -0.4 is 11.1 Å². The van der Waals surface area contributed by atoms with E-state index in [-0.39, 0.29) is 11.5 Å². The van der Waals surface area contributed by atoms with Crippen molar-refractivity contribution in [3.05, 3.63) is 70.2 Å². The van der Waals surface area contributed by atoms with Gasteiger partial charge >= 0.3 is 0 Å². The molecule has 0 saturated carbocycles. The van der Waals surface area contributed by atoms with Crippen LogP contribution in [0.2, 0.25) is 0 Å². The number of nitrogens with one attached hydrogen (secondary N) is 1. The third-order valence-electron chi connectivity index (χ3n) is 2.75. The molecule has 0 radical (unpaired) electrons. The molecule has 21 heavy (non-hydrogen) atoms.